The molecule has 0 unspecified atom stereocenters. The van der Waals surface area contributed by atoms with E-state index in [9.17, 15) is 4.79 Å². The summed E-state index contributed by atoms with van der Waals surface area (Å²) in [5, 5.41) is 0. The normalized spacial score (nSPS) is 11.0. The quantitative estimate of drug-likeness (QED) is 0.580. The lowest BCUT2D eigenvalue weighted by atomic mass is 9.85. The molecule has 2 nitrogen and oxygen atoms in total. The lowest BCUT2D eigenvalue weighted by molar-refractivity contribution is -0.138. The summed E-state index contributed by atoms with van der Waals surface area (Å²) < 4.78 is 4.42. The molecule has 0 N–H and O–H groups in total. The fourth-order valence-electron chi connectivity index (χ4n) is 1.09. The van der Waals surface area contributed by atoms with Crippen LogP contribution in [0.1, 0.15) is 19.4 Å². The van der Waals surface area contributed by atoms with Gasteiger partial charge in [0.15, 0.2) is 0 Å². The Labute approximate surface area is 83.5 Å². The zero-order chi connectivity index (χ0) is 9.90. The van der Waals surface area contributed by atoms with E-state index in [1.165, 1.54) is 0 Å². The Morgan fingerprint density at radius 1 is 1.31 bits per heavy atom. The van der Waals surface area contributed by atoms with Crippen molar-refractivity contribution in [2.75, 3.05) is 0 Å². The number of hydrogen-bond acceptors (Lipinski definition) is 3. The van der Waals surface area contributed by atoms with Gasteiger partial charge in [0.05, 0.1) is 5.41 Å². The molecule has 1 aromatic rings. The molecule has 0 atom stereocenters. The smallest absolute Gasteiger partial charge is 0.327 e. The third kappa shape index (κ3) is 2.04. The topological polar surface area (TPSA) is 26.3 Å². The van der Waals surface area contributed by atoms with Gasteiger partial charge in [0.1, 0.15) is 0 Å². The maximum atomic E-state index is 11.3. The third-order valence-corrected chi connectivity index (χ3v) is 2.25. The van der Waals surface area contributed by atoms with Crippen molar-refractivity contribution in [3.05, 3.63) is 35.9 Å². The molecule has 1 aromatic carbocycles. The Bertz CT molecular complexity index is 293. The Morgan fingerprint density at radius 3 is 2.31 bits per heavy atom. The van der Waals surface area contributed by atoms with E-state index in [1.54, 1.807) is 13.8 Å². The number of rotatable bonds is 2. The standard InChI is InChI=1S/C10H12O2S/c1-10(2,9(11)12-13)8-6-4-3-5-7-8/h3-7,13H,1-2H3. The van der Waals surface area contributed by atoms with E-state index in [2.05, 4.69) is 17.1 Å². The molecule has 3 heteroatoms. The van der Waals surface area contributed by atoms with Crippen LogP contribution >= 0.6 is 12.9 Å². The van der Waals surface area contributed by atoms with E-state index >= 15 is 0 Å². The fraction of sp³-hybridized carbons (Fsp3) is 0.300. The number of benzene rings is 1. The summed E-state index contributed by atoms with van der Waals surface area (Å²) in [6.07, 6.45) is 0. The van der Waals surface area contributed by atoms with E-state index < -0.39 is 5.41 Å². The van der Waals surface area contributed by atoms with Crippen molar-refractivity contribution >= 4 is 18.9 Å². The number of carbonyl (C=O) groups is 1. The van der Waals surface area contributed by atoms with Crippen molar-refractivity contribution in [3.63, 3.8) is 0 Å². The van der Waals surface area contributed by atoms with Crippen LogP contribution < -0.4 is 0 Å². The highest BCUT2D eigenvalue weighted by Gasteiger charge is 2.30. The molecule has 0 fully saturated rings. The SMILES string of the molecule is CC(C)(C(=O)OS)c1ccccc1. The second kappa shape index (κ2) is 3.83. The van der Waals surface area contributed by atoms with Crippen LogP contribution in [0.25, 0.3) is 0 Å². The van der Waals surface area contributed by atoms with Crippen LogP contribution in [0.2, 0.25) is 0 Å². The summed E-state index contributed by atoms with van der Waals surface area (Å²) in [4.78, 5) is 11.3. The third-order valence-electron chi connectivity index (χ3n) is 2.09. The maximum absolute atomic E-state index is 11.3. The van der Waals surface area contributed by atoms with E-state index in [1.807, 2.05) is 30.3 Å². The van der Waals surface area contributed by atoms with Gasteiger partial charge in [0, 0.05) is 12.9 Å². The first-order valence-electron chi connectivity index (χ1n) is 4.00. The monoisotopic (exact) mass is 196 g/mol. The number of hydrogen-bond donors (Lipinski definition) is 1. The molecule has 70 valence electrons. The molecular formula is C10H12O2S. The van der Waals surface area contributed by atoms with E-state index in [0.29, 0.717) is 0 Å². The molecule has 0 amide bonds. The molecule has 0 saturated heterocycles. The van der Waals surface area contributed by atoms with Crippen molar-refractivity contribution in [2.24, 2.45) is 0 Å². The van der Waals surface area contributed by atoms with Crippen molar-refractivity contribution in [3.8, 4) is 0 Å². The van der Waals surface area contributed by atoms with E-state index in [4.69, 9.17) is 0 Å². The first kappa shape index (κ1) is 10.1. The van der Waals surface area contributed by atoms with Gasteiger partial charge in [-0.25, -0.2) is 0 Å². The van der Waals surface area contributed by atoms with Crippen LogP contribution in [0.15, 0.2) is 30.3 Å². The molecule has 13 heavy (non-hydrogen) atoms. The van der Waals surface area contributed by atoms with Crippen molar-refractivity contribution in [1.82, 2.24) is 0 Å². The van der Waals surface area contributed by atoms with Gasteiger partial charge in [-0.15, -0.1) is 0 Å². The zero-order valence-electron chi connectivity index (χ0n) is 7.65. The second-order valence-corrected chi connectivity index (χ2v) is 3.55. The Morgan fingerprint density at radius 2 is 1.85 bits per heavy atom. The van der Waals surface area contributed by atoms with Crippen LogP contribution in [-0.4, -0.2) is 5.97 Å². The average molecular weight is 196 g/mol. The lowest BCUT2D eigenvalue weighted by Gasteiger charge is -2.20. The Balaban J connectivity index is 3.00. The zero-order valence-corrected chi connectivity index (χ0v) is 8.54. The highest BCUT2D eigenvalue weighted by atomic mass is 32.1. The van der Waals surface area contributed by atoms with Gasteiger partial charge in [-0.05, 0) is 19.4 Å². The molecule has 0 aliphatic heterocycles. The largest absolute Gasteiger partial charge is 0.394 e. The molecule has 0 heterocycles. The molecule has 0 aliphatic carbocycles. The van der Waals surface area contributed by atoms with Gasteiger partial charge >= 0.3 is 5.97 Å². The van der Waals surface area contributed by atoms with Crippen LogP contribution in [0, 0.1) is 0 Å². The number of thiol groups is 1. The Kier molecular flexibility index (Phi) is 2.98. The molecular weight excluding hydrogens is 184 g/mol. The molecule has 0 spiro atoms. The molecule has 0 aliphatic rings. The lowest BCUT2D eigenvalue weighted by Crippen LogP contribution is -2.28. The summed E-state index contributed by atoms with van der Waals surface area (Å²) >= 11 is 3.51. The fourth-order valence-corrected chi connectivity index (χ4v) is 1.31. The van der Waals surface area contributed by atoms with Crippen LogP contribution in [-0.2, 0) is 14.4 Å². The van der Waals surface area contributed by atoms with Gasteiger partial charge in [-0.2, -0.15) is 0 Å². The first-order valence-corrected chi connectivity index (χ1v) is 4.37. The van der Waals surface area contributed by atoms with Crippen molar-refractivity contribution in [2.45, 2.75) is 19.3 Å². The average Bonchev–Trinajstić information content (AvgIpc) is 2.18. The molecule has 1 rings (SSSR count). The molecule has 0 bridgehead atoms. The number of carbonyl (C=O) groups excluding carboxylic acids is 1. The van der Waals surface area contributed by atoms with Crippen LogP contribution in [0.4, 0.5) is 0 Å². The van der Waals surface area contributed by atoms with Gasteiger partial charge in [0.25, 0.3) is 0 Å². The van der Waals surface area contributed by atoms with Gasteiger partial charge < -0.3 is 4.18 Å². The maximum Gasteiger partial charge on any atom is 0.327 e. The van der Waals surface area contributed by atoms with Crippen molar-refractivity contribution < 1.29 is 8.98 Å². The van der Waals surface area contributed by atoms with Crippen LogP contribution in [0.3, 0.4) is 0 Å². The summed E-state index contributed by atoms with van der Waals surface area (Å²) in [5.74, 6) is -0.345. The second-order valence-electron chi connectivity index (χ2n) is 3.37. The molecule has 0 saturated carbocycles. The minimum absolute atomic E-state index is 0.345. The van der Waals surface area contributed by atoms with E-state index in [-0.39, 0.29) is 5.97 Å². The highest BCUT2D eigenvalue weighted by Crippen LogP contribution is 2.24. The van der Waals surface area contributed by atoms with Crippen LogP contribution in [0.5, 0.6) is 0 Å². The predicted octanol–water partition coefficient (Wildman–Crippen LogP) is 2.35. The van der Waals surface area contributed by atoms with Gasteiger partial charge in [-0.3, -0.25) is 4.79 Å². The van der Waals surface area contributed by atoms with E-state index in [0.717, 1.165) is 5.56 Å². The summed E-state index contributed by atoms with van der Waals surface area (Å²) in [5.41, 5.74) is 0.289. The molecule has 0 aromatic heterocycles. The first-order chi connectivity index (χ1) is 6.09. The minimum atomic E-state index is -0.636. The van der Waals surface area contributed by atoms with Gasteiger partial charge in [-0.1, -0.05) is 30.3 Å². The minimum Gasteiger partial charge on any atom is -0.394 e. The molecule has 0 radical (unpaired) electrons. The Hall–Kier alpha value is -0.960. The van der Waals surface area contributed by atoms with Crippen molar-refractivity contribution in [1.29, 1.82) is 0 Å². The predicted molar refractivity (Wildman–Crippen MR) is 54.5 cm³/mol. The summed E-state index contributed by atoms with van der Waals surface area (Å²) in [6, 6.07) is 9.48. The summed E-state index contributed by atoms with van der Waals surface area (Å²) in [6.45, 7) is 3.61. The highest BCUT2D eigenvalue weighted by molar-refractivity contribution is 7.75. The summed E-state index contributed by atoms with van der Waals surface area (Å²) in [7, 11) is 0. The van der Waals surface area contributed by atoms with Gasteiger partial charge in [0.2, 0.25) is 0 Å².